The van der Waals surface area contributed by atoms with E-state index >= 15 is 0 Å². The molecule has 0 amide bonds. The van der Waals surface area contributed by atoms with Gasteiger partial charge in [-0.2, -0.15) is 0 Å². The summed E-state index contributed by atoms with van der Waals surface area (Å²) >= 11 is 0. The third-order valence-corrected chi connectivity index (χ3v) is 12.0. The average molecular weight is 767 g/mol. The molecule has 5 heteroatoms. The minimum Gasteiger partial charge on any atom is -0.457 e. The van der Waals surface area contributed by atoms with Crippen LogP contribution in [0.25, 0.3) is 78.6 Å². The van der Waals surface area contributed by atoms with Crippen molar-refractivity contribution in [2.24, 2.45) is 0 Å². The summed E-state index contributed by atoms with van der Waals surface area (Å²) in [7, 11) is 0. The van der Waals surface area contributed by atoms with E-state index in [0.29, 0.717) is 17.5 Å². The van der Waals surface area contributed by atoms with Gasteiger partial charge in [0.05, 0.1) is 16.8 Å². The van der Waals surface area contributed by atoms with Crippen LogP contribution in [0.15, 0.2) is 206 Å². The Hall–Kier alpha value is -8.02. The molecule has 1 aliphatic carbocycles. The van der Waals surface area contributed by atoms with Crippen LogP contribution in [0.4, 0.5) is 0 Å². The first kappa shape index (κ1) is 34.1. The Morgan fingerprint density at radius 3 is 1.52 bits per heavy atom. The van der Waals surface area contributed by atoms with Crippen molar-refractivity contribution < 1.29 is 4.74 Å². The number of hydrogen-bond donors (Lipinski definition) is 0. The summed E-state index contributed by atoms with van der Waals surface area (Å²) in [6, 6.07) is 71.8. The van der Waals surface area contributed by atoms with Crippen LogP contribution in [0.2, 0.25) is 0 Å². The predicted molar refractivity (Wildman–Crippen MR) is 240 cm³/mol. The molecule has 2 aromatic heterocycles. The summed E-state index contributed by atoms with van der Waals surface area (Å²) in [5.41, 5.74) is 12.7. The zero-order valence-electron chi connectivity index (χ0n) is 32.3. The average Bonchev–Trinajstić information content (AvgIpc) is 3.62. The molecule has 0 saturated carbocycles. The van der Waals surface area contributed by atoms with E-state index < -0.39 is 5.41 Å². The molecule has 0 radical (unpaired) electrons. The number of para-hydroxylation sites is 1. The van der Waals surface area contributed by atoms with Crippen molar-refractivity contribution in [1.29, 1.82) is 0 Å². The van der Waals surface area contributed by atoms with E-state index in [0.717, 1.165) is 94.9 Å². The number of fused-ring (bicyclic) bond motifs is 11. The summed E-state index contributed by atoms with van der Waals surface area (Å²) in [6.45, 7) is 0. The Labute approximate surface area is 347 Å². The lowest BCUT2D eigenvalue weighted by Crippen LogP contribution is -2.32. The van der Waals surface area contributed by atoms with Crippen molar-refractivity contribution in [2.45, 2.75) is 5.41 Å². The second kappa shape index (κ2) is 13.5. The van der Waals surface area contributed by atoms with Gasteiger partial charge in [-0.15, -0.1) is 0 Å². The fourth-order valence-corrected chi connectivity index (χ4v) is 9.34. The molecular formula is C55H34N4O. The Bertz CT molecular complexity index is 3280. The molecule has 3 heterocycles. The minimum atomic E-state index is -0.765. The van der Waals surface area contributed by atoms with Crippen LogP contribution in [-0.4, -0.2) is 19.9 Å². The molecule has 280 valence electrons. The lowest BCUT2D eigenvalue weighted by Gasteiger charge is -2.40. The van der Waals surface area contributed by atoms with Gasteiger partial charge < -0.3 is 4.74 Å². The predicted octanol–water partition coefficient (Wildman–Crippen LogP) is 13.2. The van der Waals surface area contributed by atoms with E-state index in [4.69, 9.17) is 24.7 Å². The van der Waals surface area contributed by atoms with E-state index in [1.807, 2.05) is 42.5 Å². The highest BCUT2D eigenvalue weighted by Gasteiger charge is 2.53. The van der Waals surface area contributed by atoms with Gasteiger partial charge in [-0.05, 0) is 46.3 Å². The summed E-state index contributed by atoms with van der Waals surface area (Å²) in [5.74, 6) is 3.40. The highest BCUT2D eigenvalue weighted by Crippen LogP contribution is 2.63. The summed E-state index contributed by atoms with van der Waals surface area (Å²) < 4.78 is 6.85. The van der Waals surface area contributed by atoms with Crippen LogP contribution in [-0.2, 0) is 5.41 Å². The third-order valence-electron chi connectivity index (χ3n) is 12.0. The molecule has 1 aliphatic heterocycles. The molecule has 1 unspecified atom stereocenters. The number of aromatic nitrogens is 4. The van der Waals surface area contributed by atoms with Crippen molar-refractivity contribution in [3.63, 3.8) is 0 Å². The maximum atomic E-state index is 6.85. The molecule has 10 aromatic rings. The van der Waals surface area contributed by atoms with Gasteiger partial charge in [-0.25, -0.2) is 19.9 Å². The summed E-state index contributed by atoms with van der Waals surface area (Å²) in [6.07, 6.45) is 0. The van der Waals surface area contributed by atoms with Crippen LogP contribution >= 0.6 is 0 Å². The normalized spacial score (nSPS) is 14.5. The second-order valence-corrected chi connectivity index (χ2v) is 15.3. The molecule has 0 bridgehead atoms. The van der Waals surface area contributed by atoms with Gasteiger partial charge in [0.1, 0.15) is 11.5 Å². The molecule has 60 heavy (non-hydrogen) atoms. The van der Waals surface area contributed by atoms with Gasteiger partial charge in [0, 0.05) is 49.9 Å². The van der Waals surface area contributed by atoms with Gasteiger partial charge in [-0.3, -0.25) is 0 Å². The highest BCUT2D eigenvalue weighted by atomic mass is 16.5. The van der Waals surface area contributed by atoms with Crippen molar-refractivity contribution >= 4 is 10.8 Å². The fourth-order valence-electron chi connectivity index (χ4n) is 9.34. The standard InChI is InChI=1S/C55H34N4O/c1-4-16-35(17-5-1)36-28-30-39(31-29-36)53-57-52(38-20-8-3-9-21-38)58-54(59-53)40-32-33-48-46(34-40)55(45-26-14-15-27-47(45)60-48)44-25-13-12-24-43(44)51-49(55)41-22-10-11-23-42(41)50(56-51)37-18-6-2-7-19-37/h1-34H. The van der Waals surface area contributed by atoms with Crippen molar-refractivity contribution in [3.05, 3.63) is 229 Å². The van der Waals surface area contributed by atoms with E-state index in [2.05, 4.69) is 164 Å². The van der Waals surface area contributed by atoms with Crippen molar-refractivity contribution in [3.8, 4) is 79.3 Å². The molecule has 1 spiro atoms. The Morgan fingerprint density at radius 1 is 0.317 bits per heavy atom. The van der Waals surface area contributed by atoms with Gasteiger partial charge >= 0.3 is 0 Å². The molecule has 8 aromatic carbocycles. The lowest BCUT2D eigenvalue weighted by molar-refractivity contribution is 0.437. The number of hydrogen-bond acceptors (Lipinski definition) is 5. The van der Waals surface area contributed by atoms with E-state index in [-0.39, 0.29) is 0 Å². The maximum absolute atomic E-state index is 6.85. The smallest absolute Gasteiger partial charge is 0.164 e. The second-order valence-electron chi connectivity index (χ2n) is 15.3. The van der Waals surface area contributed by atoms with Crippen LogP contribution in [0.1, 0.15) is 22.3 Å². The highest BCUT2D eigenvalue weighted by molar-refractivity contribution is 6.05. The summed E-state index contributed by atoms with van der Waals surface area (Å²) in [5, 5.41) is 2.25. The van der Waals surface area contributed by atoms with Crippen LogP contribution in [0, 0.1) is 0 Å². The monoisotopic (exact) mass is 766 g/mol. The first-order chi connectivity index (χ1) is 29.7. The van der Waals surface area contributed by atoms with Gasteiger partial charge in [0.25, 0.3) is 0 Å². The molecule has 0 fully saturated rings. The number of rotatable bonds is 5. The van der Waals surface area contributed by atoms with Crippen molar-refractivity contribution in [2.75, 3.05) is 0 Å². The van der Waals surface area contributed by atoms with E-state index in [1.165, 1.54) is 0 Å². The fraction of sp³-hybridized carbons (Fsp3) is 0.0182. The van der Waals surface area contributed by atoms with Gasteiger partial charge in [0.15, 0.2) is 17.5 Å². The molecule has 0 N–H and O–H groups in total. The first-order valence-corrected chi connectivity index (χ1v) is 20.2. The number of ether oxygens (including phenoxy) is 1. The zero-order chi connectivity index (χ0) is 39.6. The van der Waals surface area contributed by atoms with Gasteiger partial charge in [-0.1, -0.05) is 182 Å². The summed E-state index contributed by atoms with van der Waals surface area (Å²) in [4.78, 5) is 21.1. The van der Waals surface area contributed by atoms with Crippen LogP contribution < -0.4 is 4.74 Å². The minimum absolute atomic E-state index is 0.580. The molecule has 0 saturated heterocycles. The first-order valence-electron chi connectivity index (χ1n) is 20.2. The van der Waals surface area contributed by atoms with Crippen molar-refractivity contribution in [1.82, 2.24) is 19.9 Å². The van der Waals surface area contributed by atoms with Gasteiger partial charge in [0.2, 0.25) is 0 Å². The SMILES string of the molecule is c1ccc(-c2ccc(-c3nc(-c4ccccc4)nc(-c4ccc5c(c4)C4(c6ccccc6O5)c5ccccc5-c5nc(-c6ccccc6)c6ccccc6c54)n3)cc2)cc1. The quantitative estimate of drug-likeness (QED) is 0.175. The van der Waals surface area contributed by atoms with Crippen LogP contribution in [0.3, 0.4) is 0 Å². The zero-order valence-corrected chi connectivity index (χ0v) is 32.3. The Kier molecular flexibility index (Phi) is 7.69. The molecule has 12 rings (SSSR count). The Balaban J connectivity index is 1.11. The molecular weight excluding hydrogens is 733 g/mol. The van der Waals surface area contributed by atoms with Crippen LogP contribution in [0.5, 0.6) is 11.5 Å². The molecule has 1 atom stereocenters. The third kappa shape index (κ3) is 5.19. The maximum Gasteiger partial charge on any atom is 0.164 e. The molecule has 2 aliphatic rings. The number of nitrogens with zero attached hydrogens (tertiary/aromatic N) is 4. The molecule has 5 nitrogen and oxygen atoms in total. The number of benzene rings is 8. The van der Waals surface area contributed by atoms with E-state index in [9.17, 15) is 0 Å². The lowest BCUT2D eigenvalue weighted by atomic mass is 9.65. The topological polar surface area (TPSA) is 60.8 Å². The number of pyridine rings is 1. The largest absolute Gasteiger partial charge is 0.457 e. The van der Waals surface area contributed by atoms with E-state index in [1.54, 1.807) is 0 Å². The Morgan fingerprint density at radius 2 is 0.800 bits per heavy atom.